The molecule has 2 aromatic rings. The summed E-state index contributed by atoms with van der Waals surface area (Å²) in [6, 6.07) is 0.382. The quantitative estimate of drug-likeness (QED) is 0.806. The lowest BCUT2D eigenvalue weighted by molar-refractivity contribution is -0.129. The maximum absolute atomic E-state index is 12.5. The van der Waals surface area contributed by atoms with E-state index in [-0.39, 0.29) is 11.8 Å². The normalized spacial score (nSPS) is 22.8. The second-order valence-corrected chi connectivity index (χ2v) is 6.64. The molecule has 0 spiro atoms. The molecule has 1 saturated carbocycles. The summed E-state index contributed by atoms with van der Waals surface area (Å²) < 4.78 is 5.40. The molecule has 0 N–H and O–H groups in total. The molecule has 7 heteroatoms. The predicted molar refractivity (Wildman–Crippen MR) is 85.9 cm³/mol. The van der Waals surface area contributed by atoms with Crippen LogP contribution < -0.4 is 0 Å². The summed E-state index contributed by atoms with van der Waals surface area (Å²) in [4.78, 5) is 27.1. The molecule has 2 aliphatic rings. The smallest absolute Gasteiger partial charge is 0.232 e. The first-order valence-corrected chi connectivity index (χ1v) is 8.71. The first kappa shape index (κ1) is 15.2. The van der Waals surface area contributed by atoms with Crippen molar-refractivity contribution in [2.75, 3.05) is 6.54 Å². The Morgan fingerprint density at radius 2 is 1.96 bits per heavy atom. The molecule has 0 bridgehead atoms. The van der Waals surface area contributed by atoms with E-state index in [1.807, 2.05) is 4.90 Å². The minimum Gasteiger partial charge on any atom is -0.339 e. The molecular weight excluding hydrogens is 306 g/mol. The molecule has 0 unspecified atom stereocenters. The van der Waals surface area contributed by atoms with Gasteiger partial charge in [-0.05, 0) is 12.8 Å². The zero-order chi connectivity index (χ0) is 16.4. The molecule has 1 aliphatic heterocycles. The third-order valence-corrected chi connectivity index (χ3v) is 5.01. The fourth-order valence-corrected chi connectivity index (χ4v) is 3.74. The average molecular weight is 327 g/mol. The van der Waals surface area contributed by atoms with Crippen LogP contribution in [0.5, 0.6) is 0 Å². The molecule has 1 aliphatic carbocycles. The summed E-state index contributed by atoms with van der Waals surface area (Å²) in [7, 11) is 0. The van der Waals surface area contributed by atoms with E-state index in [9.17, 15) is 4.79 Å². The van der Waals surface area contributed by atoms with Gasteiger partial charge in [-0.2, -0.15) is 4.98 Å². The Bertz CT molecular complexity index is 694. The van der Waals surface area contributed by atoms with Gasteiger partial charge in [-0.15, -0.1) is 0 Å². The van der Waals surface area contributed by atoms with Crippen LogP contribution in [0.4, 0.5) is 0 Å². The van der Waals surface area contributed by atoms with Gasteiger partial charge >= 0.3 is 0 Å². The van der Waals surface area contributed by atoms with Crippen molar-refractivity contribution in [3.63, 3.8) is 0 Å². The zero-order valence-electron chi connectivity index (χ0n) is 13.6. The predicted octanol–water partition coefficient (Wildman–Crippen LogP) is 2.57. The van der Waals surface area contributed by atoms with E-state index < -0.39 is 0 Å². The Morgan fingerprint density at radius 3 is 2.71 bits per heavy atom. The summed E-state index contributed by atoms with van der Waals surface area (Å²) >= 11 is 0. The summed E-state index contributed by atoms with van der Waals surface area (Å²) in [5.74, 6) is 1.16. The van der Waals surface area contributed by atoms with E-state index in [4.69, 9.17) is 4.52 Å². The first-order valence-electron chi connectivity index (χ1n) is 8.71. The van der Waals surface area contributed by atoms with Crippen molar-refractivity contribution in [3.05, 3.63) is 24.5 Å². The summed E-state index contributed by atoms with van der Waals surface area (Å²) in [5, 5.41) is 3.99. The van der Waals surface area contributed by atoms with Crippen molar-refractivity contribution in [3.8, 4) is 11.5 Å². The Balaban J connectivity index is 1.48. The maximum atomic E-state index is 12.5. The van der Waals surface area contributed by atoms with Crippen molar-refractivity contribution >= 4 is 5.91 Å². The first-order chi connectivity index (χ1) is 11.8. The molecule has 1 amide bonds. The number of nitrogens with zero attached hydrogens (tertiary/aromatic N) is 5. The van der Waals surface area contributed by atoms with Gasteiger partial charge in [-0.1, -0.05) is 30.8 Å². The Morgan fingerprint density at radius 1 is 1.12 bits per heavy atom. The number of hydrogen-bond acceptors (Lipinski definition) is 6. The molecule has 4 rings (SSSR count). The topological polar surface area (TPSA) is 85.0 Å². The standard InChI is InChI=1S/C17H21N5O2/c23-15-9-12(11-22(15)13-5-3-1-2-4-6-13)17-20-16(21-24-17)14-10-18-7-8-19-14/h7-8,10,12-13H,1-6,9,11H2/t12-/m0/s1. The minimum atomic E-state index is -0.0151. The van der Waals surface area contributed by atoms with Crippen LogP contribution in [0.2, 0.25) is 0 Å². The van der Waals surface area contributed by atoms with Crippen molar-refractivity contribution < 1.29 is 9.32 Å². The van der Waals surface area contributed by atoms with Crippen molar-refractivity contribution in [1.29, 1.82) is 0 Å². The van der Waals surface area contributed by atoms with Gasteiger partial charge in [-0.3, -0.25) is 9.78 Å². The van der Waals surface area contributed by atoms with Crippen LogP contribution in [0, 0.1) is 0 Å². The molecule has 2 fully saturated rings. The number of amides is 1. The van der Waals surface area contributed by atoms with Crippen LogP contribution in [-0.2, 0) is 4.79 Å². The molecule has 7 nitrogen and oxygen atoms in total. The van der Waals surface area contributed by atoms with Gasteiger partial charge < -0.3 is 9.42 Å². The molecule has 24 heavy (non-hydrogen) atoms. The highest BCUT2D eigenvalue weighted by Gasteiger charge is 2.37. The summed E-state index contributed by atoms with van der Waals surface area (Å²) in [5.41, 5.74) is 0.581. The molecule has 0 radical (unpaired) electrons. The number of aromatic nitrogens is 4. The highest BCUT2D eigenvalue weighted by molar-refractivity contribution is 5.79. The van der Waals surface area contributed by atoms with E-state index in [0.29, 0.717) is 36.4 Å². The molecular formula is C17H21N5O2. The van der Waals surface area contributed by atoms with Gasteiger partial charge in [0.15, 0.2) is 0 Å². The lowest BCUT2D eigenvalue weighted by atomic mass is 10.1. The van der Waals surface area contributed by atoms with Gasteiger partial charge in [0.2, 0.25) is 17.6 Å². The SMILES string of the molecule is O=C1C[C@H](c2nc(-c3cnccn3)no2)CN1C1CCCCCC1. The minimum absolute atomic E-state index is 0.0151. The van der Waals surface area contributed by atoms with Gasteiger partial charge in [-0.25, -0.2) is 4.98 Å². The van der Waals surface area contributed by atoms with Gasteiger partial charge in [0.05, 0.1) is 12.1 Å². The van der Waals surface area contributed by atoms with Crippen LogP contribution in [0.3, 0.4) is 0 Å². The van der Waals surface area contributed by atoms with Crippen molar-refractivity contribution in [1.82, 2.24) is 25.0 Å². The Kier molecular flexibility index (Phi) is 4.23. The fourth-order valence-electron chi connectivity index (χ4n) is 3.74. The second kappa shape index (κ2) is 6.67. The van der Waals surface area contributed by atoms with Crippen LogP contribution >= 0.6 is 0 Å². The van der Waals surface area contributed by atoms with Gasteiger partial charge in [0, 0.05) is 31.4 Å². The van der Waals surface area contributed by atoms with Crippen LogP contribution in [0.25, 0.3) is 11.5 Å². The van der Waals surface area contributed by atoms with Crippen LogP contribution in [0.15, 0.2) is 23.1 Å². The third kappa shape index (κ3) is 3.02. The van der Waals surface area contributed by atoms with E-state index in [1.54, 1.807) is 18.6 Å². The van der Waals surface area contributed by atoms with Crippen molar-refractivity contribution in [2.24, 2.45) is 0 Å². The number of carbonyl (C=O) groups is 1. The third-order valence-electron chi connectivity index (χ3n) is 5.01. The summed E-state index contributed by atoms with van der Waals surface area (Å²) in [6.45, 7) is 0.686. The van der Waals surface area contributed by atoms with Gasteiger partial charge in [0.25, 0.3) is 0 Å². The van der Waals surface area contributed by atoms with E-state index in [2.05, 4.69) is 20.1 Å². The number of hydrogen-bond donors (Lipinski definition) is 0. The largest absolute Gasteiger partial charge is 0.339 e. The summed E-state index contributed by atoms with van der Waals surface area (Å²) in [6.07, 6.45) is 12.5. The zero-order valence-corrected chi connectivity index (χ0v) is 13.6. The highest BCUT2D eigenvalue weighted by Crippen LogP contribution is 2.33. The number of likely N-dealkylation sites (tertiary alicyclic amines) is 1. The number of rotatable bonds is 3. The Hall–Kier alpha value is -2.31. The second-order valence-electron chi connectivity index (χ2n) is 6.64. The van der Waals surface area contributed by atoms with E-state index in [0.717, 1.165) is 12.8 Å². The van der Waals surface area contributed by atoms with Crippen LogP contribution in [-0.4, -0.2) is 43.5 Å². The molecule has 0 aromatic carbocycles. The lowest BCUT2D eigenvalue weighted by Crippen LogP contribution is -2.36. The maximum Gasteiger partial charge on any atom is 0.232 e. The van der Waals surface area contributed by atoms with E-state index >= 15 is 0 Å². The van der Waals surface area contributed by atoms with Crippen LogP contribution in [0.1, 0.15) is 56.8 Å². The lowest BCUT2D eigenvalue weighted by Gasteiger charge is -2.26. The Labute approximate surface area is 140 Å². The van der Waals surface area contributed by atoms with Crippen molar-refractivity contribution in [2.45, 2.75) is 56.9 Å². The monoisotopic (exact) mass is 327 g/mol. The molecule has 1 atom stereocenters. The molecule has 1 saturated heterocycles. The molecule has 3 heterocycles. The van der Waals surface area contributed by atoms with E-state index in [1.165, 1.54) is 25.7 Å². The molecule has 126 valence electrons. The number of carbonyl (C=O) groups excluding carboxylic acids is 1. The molecule has 2 aromatic heterocycles. The van der Waals surface area contributed by atoms with Gasteiger partial charge in [0.1, 0.15) is 5.69 Å². The average Bonchev–Trinajstić information content (AvgIpc) is 3.15. The fraction of sp³-hybridized carbons (Fsp3) is 0.588. The highest BCUT2D eigenvalue weighted by atomic mass is 16.5.